The molecule has 1 aliphatic heterocycles. The van der Waals surface area contributed by atoms with Gasteiger partial charge in [-0.05, 0) is 53.9 Å². The summed E-state index contributed by atoms with van der Waals surface area (Å²) < 4.78 is 25.1. The maximum absolute atomic E-state index is 13.6. The van der Waals surface area contributed by atoms with E-state index in [1.54, 1.807) is 43.3 Å². The van der Waals surface area contributed by atoms with Crippen LogP contribution in [-0.2, 0) is 27.8 Å². The normalized spacial score (nSPS) is 18.9. The molecule has 1 aromatic heterocycles. The Balaban J connectivity index is 1.87. The number of hydrogen-bond donors (Lipinski definition) is 0. The van der Waals surface area contributed by atoms with Crippen LogP contribution in [0, 0.1) is 11.3 Å². The van der Waals surface area contributed by atoms with Gasteiger partial charge in [-0.15, -0.1) is 0 Å². The highest BCUT2D eigenvalue weighted by Gasteiger charge is 2.50. The zero-order chi connectivity index (χ0) is 21.6. The van der Waals surface area contributed by atoms with Crippen molar-refractivity contribution in [1.82, 2.24) is 9.55 Å². The fourth-order valence-corrected chi connectivity index (χ4v) is 4.73. The Bertz CT molecular complexity index is 1220. The molecule has 10 heteroatoms. The maximum Gasteiger partial charge on any atom is 0.260 e. The number of carbonyl (C=O) groups excluding carboxylic acids is 1. The number of fused-ring (bicyclic) bond motifs is 1. The summed E-state index contributed by atoms with van der Waals surface area (Å²) in [5, 5.41) is 9.55. The number of hydrogen-bond acceptors (Lipinski definition) is 5. The first-order chi connectivity index (χ1) is 14.2. The summed E-state index contributed by atoms with van der Waals surface area (Å²) in [4.78, 5) is 19.1. The molecule has 0 saturated heterocycles. The van der Waals surface area contributed by atoms with E-state index in [-0.39, 0.29) is 23.3 Å². The Morgan fingerprint density at radius 2 is 1.83 bits per heavy atom. The van der Waals surface area contributed by atoms with Gasteiger partial charge in [-0.3, -0.25) is 13.6 Å². The van der Waals surface area contributed by atoms with Crippen molar-refractivity contribution in [1.29, 1.82) is 5.26 Å². The number of rotatable bonds is 4. The first kappa shape index (κ1) is 20.6. The van der Waals surface area contributed by atoms with Crippen LogP contribution >= 0.6 is 23.2 Å². The van der Waals surface area contributed by atoms with E-state index in [9.17, 15) is 13.6 Å². The molecule has 0 fully saturated rings. The summed E-state index contributed by atoms with van der Waals surface area (Å²) in [7, 11) is 0. The molecule has 0 bridgehead atoms. The lowest BCUT2D eigenvalue weighted by atomic mass is 9.91. The number of nitriles is 1. The average Bonchev–Trinajstić information content (AvgIpc) is 3.21. The Labute approximate surface area is 184 Å². The smallest absolute Gasteiger partial charge is 0.260 e. The minimum atomic E-state index is -2.61. The highest BCUT2D eigenvalue weighted by atomic mass is 35.5. The molecule has 0 N–H and O–H groups in total. The first-order valence-corrected chi connectivity index (χ1v) is 10.5. The number of nitrogens with zero attached hydrogens (tertiary/aromatic N) is 4. The second-order valence-electron chi connectivity index (χ2n) is 6.99. The number of imidazole rings is 1. The van der Waals surface area contributed by atoms with E-state index in [1.807, 2.05) is 6.07 Å². The third-order valence-corrected chi connectivity index (χ3v) is 6.04. The van der Waals surface area contributed by atoms with Crippen molar-refractivity contribution in [3.05, 3.63) is 69.8 Å². The van der Waals surface area contributed by atoms with Crippen molar-refractivity contribution in [3.8, 4) is 6.07 Å². The molecule has 2 aromatic carbocycles. The van der Waals surface area contributed by atoms with Crippen molar-refractivity contribution in [3.63, 3.8) is 0 Å². The molecule has 0 saturated carbocycles. The number of carbonyl (C=O) groups is 1. The van der Waals surface area contributed by atoms with Gasteiger partial charge in [0.25, 0.3) is 5.91 Å². The Morgan fingerprint density at radius 3 is 2.40 bits per heavy atom. The van der Waals surface area contributed by atoms with Crippen LogP contribution < -0.4 is 4.90 Å². The Kier molecular flexibility index (Phi) is 5.16. The summed E-state index contributed by atoms with van der Waals surface area (Å²) >= 11 is 9.62. The zero-order valence-electron chi connectivity index (χ0n) is 15.5. The van der Waals surface area contributed by atoms with Crippen LogP contribution in [0.3, 0.4) is 0 Å². The first-order valence-electron chi connectivity index (χ1n) is 8.72. The van der Waals surface area contributed by atoms with Crippen LogP contribution in [-0.4, -0.2) is 24.2 Å². The fourth-order valence-electron chi connectivity index (χ4n) is 3.64. The van der Waals surface area contributed by atoms with Crippen molar-refractivity contribution < 1.29 is 13.6 Å². The lowest BCUT2D eigenvalue weighted by Gasteiger charge is -2.27. The van der Waals surface area contributed by atoms with Gasteiger partial charge in [0.2, 0.25) is 5.95 Å². The van der Waals surface area contributed by atoms with Crippen molar-refractivity contribution >= 4 is 51.8 Å². The zero-order valence-corrected chi connectivity index (χ0v) is 17.8. The number of halogens is 2. The lowest BCUT2D eigenvalue weighted by molar-refractivity contribution is -0.124. The monoisotopic (exact) mass is 459 g/mol. The van der Waals surface area contributed by atoms with Gasteiger partial charge in [0, 0.05) is 16.5 Å². The topological polar surface area (TPSA) is 102 Å². The number of benzene rings is 2. The van der Waals surface area contributed by atoms with Crippen LogP contribution in [0.15, 0.2) is 53.7 Å². The highest BCUT2D eigenvalue weighted by molar-refractivity contribution is 7.79. The van der Waals surface area contributed by atoms with Gasteiger partial charge in [-0.1, -0.05) is 35.3 Å². The molecular formula is C20H13Cl2N4O3S-. The minimum Gasteiger partial charge on any atom is -0.767 e. The molecule has 0 spiro atoms. The molecule has 2 heterocycles. The van der Waals surface area contributed by atoms with Gasteiger partial charge < -0.3 is 4.55 Å². The predicted octanol–water partition coefficient (Wildman–Crippen LogP) is 3.94. The van der Waals surface area contributed by atoms with Gasteiger partial charge in [0.05, 0.1) is 23.5 Å². The molecule has 2 unspecified atom stereocenters. The van der Waals surface area contributed by atoms with Gasteiger partial charge in [-0.2, -0.15) is 5.26 Å². The Morgan fingerprint density at radius 1 is 1.20 bits per heavy atom. The van der Waals surface area contributed by atoms with E-state index >= 15 is 0 Å². The summed E-state index contributed by atoms with van der Waals surface area (Å²) in [6, 6.07) is 13.5. The maximum atomic E-state index is 13.6. The quantitative estimate of drug-likeness (QED) is 0.549. The third kappa shape index (κ3) is 3.30. The largest absolute Gasteiger partial charge is 0.767 e. The van der Waals surface area contributed by atoms with Crippen LogP contribution in [0.4, 0.5) is 11.6 Å². The van der Waals surface area contributed by atoms with Crippen molar-refractivity contribution in [2.24, 2.45) is 0 Å². The summed E-state index contributed by atoms with van der Waals surface area (Å²) in [5.74, 6) is -0.214. The molecule has 1 amide bonds. The van der Waals surface area contributed by atoms with E-state index in [1.165, 1.54) is 21.7 Å². The van der Waals surface area contributed by atoms with E-state index in [2.05, 4.69) is 4.98 Å². The molecule has 30 heavy (non-hydrogen) atoms. The minimum absolute atomic E-state index is 0.106. The SMILES string of the molecule is CC1(Cc2ccc(C#N)cc2)C(=O)N(c2cc(Cl)cc(Cl)c2)c2ncc(S(=O)[O-])n21. The highest BCUT2D eigenvalue weighted by Crippen LogP contribution is 2.43. The molecule has 3 aromatic rings. The molecule has 2 atom stereocenters. The number of aromatic nitrogens is 2. The van der Waals surface area contributed by atoms with Crippen LogP contribution in [0.2, 0.25) is 10.0 Å². The number of amides is 1. The summed E-state index contributed by atoms with van der Waals surface area (Å²) in [6.45, 7) is 1.65. The van der Waals surface area contributed by atoms with E-state index in [4.69, 9.17) is 28.5 Å². The second kappa shape index (κ2) is 7.52. The summed E-state index contributed by atoms with van der Waals surface area (Å²) in [5.41, 5.74) is 0.361. The molecule has 0 aliphatic carbocycles. The number of anilines is 2. The van der Waals surface area contributed by atoms with Crippen molar-refractivity contribution in [2.75, 3.05) is 4.90 Å². The molecule has 1 aliphatic rings. The molecule has 152 valence electrons. The molecule has 7 nitrogen and oxygen atoms in total. The van der Waals surface area contributed by atoms with Gasteiger partial charge >= 0.3 is 0 Å². The van der Waals surface area contributed by atoms with Gasteiger partial charge in [0.1, 0.15) is 10.6 Å². The van der Waals surface area contributed by atoms with E-state index < -0.39 is 16.6 Å². The molecular weight excluding hydrogens is 447 g/mol. The van der Waals surface area contributed by atoms with E-state index in [0.29, 0.717) is 21.3 Å². The second-order valence-corrected chi connectivity index (χ2v) is 8.75. The fraction of sp³-hybridized carbons (Fsp3) is 0.150. The predicted molar refractivity (Wildman–Crippen MR) is 112 cm³/mol. The van der Waals surface area contributed by atoms with Crippen molar-refractivity contribution in [2.45, 2.75) is 23.9 Å². The molecule has 4 rings (SSSR count). The van der Waals surface area contributed by atoms with E-state index in [0.717, 1.165) is 5.56 Å². The third-order valence-electron chi connectivity index (χ3n) is 4.98. The van der Waals surface area contributed by atoms with Gasteiger partial charge in [-0.25, -0.2) is 9.88 Å². The van der Waals surface area contributed by atoms with Gasteiger partial charge in [0.15, 0.2) is 0 Å². The molecule has 0 radical (unpaired) electrons. The summed E-state index contributed by atoms with van der Waals surface area (Å²) in [6.07, 6.45) is 1.40. The average molecular weight is 460 g/mol. The van der Waals surface area contributed by atoms with Crippen LogP contribution in [0.5, 0.6) is 0 Å². The Hall–Kier alpha value is -2.70. The lowest BCUT2D eigenvalue weighted by Crippen LogP contribution is -2.41. The standard InChI is InChI=1S/C20H14Cl2N4O3S/c1-20(9-12-2-4-13(10-23)5-3-12)18(27)25(16-7-14(21)6-15(22)8-16)19-24-11-17(26(19)20)30(28)29/h2-8,11H,9H2,1H3,(H,28,29)/p-1. The van der Waals surface area contributed by atoms with Crippen LogP contribution in [0.25, 0.3) is 0 Å². The van der Waals surface area contributed by atoms with Crippen LogP contribution in [0.1, 0.15) is 18.1 Å².